The van der Waals surface area contributed by atoms with Gasteiger partial charge in [-0.05, 0) is 43.5 Å². The molecule has 0 aliphatic carbocycles. The van der Waals surface area contributed by atoms with Crippen LogP contribution in [0.25, 0.3) is 0 Å². The van der Waals surface area contributed by atoms with Crippen LogP contribution in [0, 0.1) is 0 Å². The summed E-state index contributed by atoms with van der Waals surface area (Å²) in [6.45, 7) is 2.09. The summed E-state index contributed by atoms with van der Waals surface area (Å²) in [6, 6.07) is 8.30. The summed E-state index contributed by atoms with van der Waals surface area (Å²) in [5.74, 6) is 1.86. The number of thiol groups is 1. The van der Waals surface area contributed by atoms with Crippen LogP contribution in [-0.4, -0.2) is 43.5 Å². The van der Waals surface area contributed by atoms with Crippen molar-refractivity contribution in [2.75, 3.05) is 26.0 Å². The van der Waals surface area contributed by atoms with Gasteiger partial charge in [-0.3, -0.25) is 9.11 Å². The Bertz CT molecular complexity index is 471. The van der Waals surface area contributed by atoms with Crippen LogP contribution in [0.15, 0.2) is 24.3 Å². The summed E-state index contributed by atoms with van der Waals surface area (Å²) in [5.41, 5.74) is 1.36. The molecule has 0 spiro atoms. The molecule has 3 N–H and O–H groups in total. The number of unbranched alkanes of at least 4 members (excludes halogenated alkanes) is 1. The van der Waals surface area contributed by atoms with Crippen molar-refractivity contribution in [1.29, 1.82) is 0 Å². The summed E-state index contributed by atoms with van der Waals surface area (Å²) >= 11 is 4.15. The molecule has 8 heteroatoms. The molecule has 0 radical (unpaired) electrons. The SMILES string of the molecule is COc1cccc(CCCCNCCS)c1.O=S(=O)(O)O. The Balaban J connectivity index is 0.000000690. The Kier molecular flexibility index (Phi) is 11.4. The van der Waals surface area contributed by atoms with Gasteiger partial charge in [0.25, 0.3) is 0 Å². The third kappa shape index (κ3) is 15.4. The zero-order chi connectivity index (χ0) is 16.1. The number of ether oxygens (including phenoxy) is 1. The maximum atomic E-state index is 8.74. The maximum Gasteiger partial charge on any atom is 0.394 e. The van der Waals surface area contributed by atoms with E-state index in [1.807, 2.05) is 12.1 Å². The van der Waals surface area contributed by atoms with Crippen molar-refractivity contribution in [3.63, 3.8) is 0 Å². The van der Waals surface area contributed by atoms with E-state index in [0.717, 1.165) is 31.0 Å². The molecule has 6 nitrogen and oxygen atoms in total. The van der Waals surface area contributed by atoms with E-state index < -0.39 is 10.4 Å². The summed E-state index contributed by atoms with van der Waals surface area (Å²) in [5, 5.41) is 3.34. The second-order valence-electron chi connectivity index (χ2n) is 4.23. The van der Waals surface area contributed by atoms with Crippen molar-refractivity contribution < 1.29 is 22.3 Å². The Labute approximate surface area is 131 Å². The molecule has 0 unspecified atom stereocenters. The van der Waals surface area contributed by atoms with Crippen molar-refractivity contribution in [3.8, 4) is 5.75 Å². The topological polar surface area (TPSA) is 95.9 Å². The van der Waals surface area contributed by atoms with Crippen molar-refractivity contribution in [1.82, 2.24) is 5.32 Å². The minimum atomic E-state index is -4.67. The molecule has 0 fully saturated rings. The van der Waals surface area contributed by atoms with Crippen LogP contribution < -0.4 is 10.1 Å². The van der Waals surface area contributed by atoms with Gasteiger partial charge in [-0.2, -0.15) is 21.0 Å². The predicted molar refractivity (Wildman–Crippen MR) is 86.8 cm³/mol. The molecule has 0 saturated carbocycles. The van der Waals surface area contributed by atoms with Crippen LogP contribution in [0.1, 0.15) is 18.4 Å². The monoisotopic (exact) mass is 337 g/mol. The standard InChI is InChI=1S/C13H21NOS.H2O4S/c1-15-13-7-4-6-12(11-13)5-2-3-8-14-9-10-16;1-5(2,3)4/h4,6-7,11,14,16H,2-3,5,8-10H2,1H3;(H2,1,2,3,4). The number of rotatable bonds is 8. The van der Waals surface area contributed by atoms with Crippen LogP contribution in [0.4, 0.5) is 0 Å². The predicted octanol–water partition coefficient (Wildman–Crippen LogP) is 1.88. The molecule has 1 rings (SSSR count). The number of benzene rings is 1. The molecule has 0 aromatic heterocycles. The average Bonchev–Trinajstić information content (AvgIpc) is 2.41. The normalized spacial score (nSPS) is 10.7. The molecule has 0 aliphatic heterocycles. The van der Waals surface area contributed by atoms with Crippen molar-refractivity contribution >= 4 is 23.0 Å². The molecule has 0 bridgehead atoms. The second kappa shape index (κ2) is 11.8. The largest absolute Gasteiger partial charge is 0.497 e. The lowest BCUT2D eigenvalue weighted by Crippen LogP contribution is -2.17. The number of hydrogen-bond donors (Lipinski definition) is 4. The third-order valence-corrected chi connectivity index (χ3v) is 2.72. The first kappa shape index (κ1) is 20.2. The van der Waals surface area contributed by atoms with Gasteiger partial charge >= 0.3 is 10.4 Å². The van der Waals surface area contributed by atoms with E-state index in [1.165, 1.54) is 18.4 Å². The molecular weight excluding hydrogens is 314 g/mol. The molecule has 122 valence electrons. The van der Waals surface area contributed by atoms with Gasteiger partial charge in [0.1, 0.15) is 5.75 Å². The van der Waals surface area contributed by atoms with E-state index in [2.05, 4.69) is 30.1 Å². The Hall–Kier alpha value is -0.800. The lowest BCUT2D eigenvalue weighted by atomic mass is 10.1. The van der Waals surface area contributed by atoms with Gasteiger partial charge in [0.05, 0.1) is 7.11 Å². The molecule has 0 saturated heterocycles. The number of nitrogens with one attached hydrogen (secondary N) is 1. The van der Waals surface area contributed by atoms with Gasteiger partial charge in [0.2, 0.25) is 0 Å². The molecule has 0 atom stereocenters. The molecule has 1 aromatic carbocycles. The first-order valence-corrected chi connectivity index (χ1v) is 8.54. The molecule has 21 heavy (non-hydrogen) atoms. The average molecular weight is 337 g/mol. The van der Waals surface area contributed by atoms with Gasteiger partial charge < -0.3 is 10.1 Å². The molecule has 1 aromatic rings. The van der Waals surface area contributed by atoms with Crippen LogP contribution in [-0.2, 0) is 16.8 Å². The number of hydrogen-bond acceptors (Lipinski definition) is 5. The summed E-state index contributed by atoms with van der Waals surface area (Å²) in [7, 11) is -2.96. The molecular formula is C13H23NO5S2. The fourth-order valence-electron chi connectivity index (χ4n) is 1.61. The van der Waals surface area contributed by atoms with E-state index >= 15 is 0 Å². The van der Waals surface area contributed by atoms with E-state index in [9.17, 15) is 0 Å². The van der Waals surface area contributed by atoms with Gasteiger partial charge in [-0.15, -0.1) is 0 Å². The van der Waals surface area contributed by atoms with Crippen LogP contribution in [0.2, 0.25) is 0 Å². The Morgan fingerprint density at radius 1 is 1.24 bits per heavy atom. The van der Waals surface area contributed by atoms with Crippen molar-refractivity contribution in [3.05, 3.63) is 29.8 Å². The van der Waals surface area contributed by atoms with E-state index in [4.69, 9.17) is 22.3 Å². The zero-order valence-corrected chi connectivity index (χ0v) is 13.7. The first-order valence-electron chi connectivity index (χ1n) is 6.51. The van der Waals surface area contributed by atoms with E-state index in [-0.39, 0.29) is 0 Å². The smallest absolute Gasteiger partial charge is 0.394 e. The van der Waals surface area contributed by atoms with Crippen molar-refractivity contribution in [2.45, 2.75) is 19.3 Å². The van der Waals surface area contributed by atoms with Gasteiger partial charge in [-0.1, -0.05) is 12.1 Å². The summed E-state index contributed by atoms with van der Waals surface area (Å²) in [4.78, 5) is 0. The molecule has 0 heterocycles. The maximum absolute atomic E-state index is 8.74. The molecule has 0 aliphatic rings. The highest BCUT2D eigenvalue weighted by Gasteiger charge is 1.96. The quantitative estimate of drug-likeness (QED) is 0.329. The zero-order valence-electron chi connectivity index (χ0n) is 12.0. The fraction of sp³-hybridized carbons (Fsp3) is 0.538. The van der Waals surface area contributed by atoms with Crippen LogP contribution >= 0.6 is 12.6 Å². The summed E-state index contributed by atoms with van der Waals surface area (Å²) in [6.07, 6.45) is 3.55. The Morgan fingerprint density at radius 3 is 2.48 bits per heavy atom. The van der Waals surface area contributed by atoms with E-state index in [1.54, 1.807) is 7.11 Å². The van der Waals surface area contributed by atoms with Crippen LogP contribution in [0.5, 0.6) is 5.75 Å². The highest BCUT2D eigenvalue weighted by Crippen LogP contribution is 2.14. The Morgan fingerprint density at radius 2 is 1.90 bits per heavy atom. The lowest BCUT2D eigenvalue weighted by Gasteiger charge is -2.05. The minimum absolute atomic E-state index is 0.913. The lowest BCUT2D eigenvalue weighted by molar-refractivity contribution is 0.381. The number of aryl methyl sites for hydroxylation is 1. The van der Waals surface area contributed by atoms with Gasteiger partial charge in [0, 0.05) is 12.3 Å². The van der Waals surface area contributed by atoms with Crippen LogP contribution in [0.3, 0.4) is 0 Å². The minimum Gasteiger partial charge on any atom is -0.497 e. The highest BCUT2D eigenvalue weighted by molar-refractivity contribution is 7.80. The first-order chi connectivity index (χ1) is 9.86. The van der Waals surface area contributed by atoms with Gasteiger partial charge in [0.15, 0.2) is 0 Å². The highest BCUT2D eigenvalue weighted by atomic mass is 32.3. The second-order valence-corrected chi connectivity index (χ2v) is 5.57. The van der Waals surface area contributed by atoms with E-state index in [0.29, 0.717) is 0 Å². The fourth-order valence-corrected chi connectivity index (χ4v) is 1.77. The third-order valence-electron chi connectivity index (χ3n) is 2.49. The van der Waals surface area contributed by atoms with Crippen molar-refractivity contribution in [2.24, 2.45) is 0 Å². The molecule has 0 amide bonds. The number of methoxy groups -OCH3 is 1. The summed E-state index contributed by atoms with van der Waals surface area (Å²) < 4.78 is 36.8. The van der Waals surface area contributed by atoms with Gasteiger partial charge in [-0.25, -0.2) is 0 Å².